The van der Waals surface area contributed by atoms with E-state index < -0.39 is 10.9 Å². The topological polar surface area (TPSA) is 89.7 Å². The first-order chi connectivity index (χ1) is 8.41. The van der Waals surface area contributed by atoms with E-state index in [1.165, 1.54) is 25.1 Å². The van der Waals surface area contributed by atoms with Gasteiger partial charge in [0.1, 0.15) is 6.61 Å². The fourth-order valence-corrected chi connectivity index (χ4v) is 1.45. The normalized spacial score (nSPS) is 11.1. The molecule has 0 spiro atoms. The lowest BCUT2D eigenvalue weighted by atomic mass is 10.3. The van der Waals surface area contributed by atoms with E-state index in [0.717, 1.165) is 0 Å². The van der Waals surface area contributed by atoms with Gasteiger partial charge in [-0.3, -0.25) is 10.1 Å². The zero-order valence-corrected chi connectivity index (χ0v) is 11.0. The number of hydrogen-bond donors (Lipinski definition) is 1. The second kappa shape index (κ2) is 6.15. The third kappa shape index (κ3) is 3.85. The van der Waals surface area contributed by atoms with Crippen molar-refractivity contribution in [3.05, 3.63) is 44.4 Å². The van der Waals surface area contributed by atoms with Crippen LogP contribution in [0.3, 0.4) is 0 Å². The van der Waals surface area contributed by atoms with Crippen LogP contribution >= 0.6 is 15.9 Å². The van der Waals surface area contributed by atoms with Crippen LogP contribution in [0.2, 0.25) is 0 Å². The first-order valence-electron chi connectivity index (χ1n) is 4.88. The second-order valence-corrected chi connectivity index (χ2v) is 4.29. The number of nitro benzene ring substituents is 1. The molecule has 0 atom stereocenters. The van der Waals surface area contributed by atoms with Crippen LogP contribution in [0.15, 0.2) is 34.3 Å². The largest absolute Gasteiger partial charge is 0.483 e. The Kier molecular flexibility index (Phi) is 4.85. The van der Waals surface area contributed by atoms with Gasteiger partial charge in [0.2, 0.25) is 0 Å². The van der Waals surface area contributed by atoms with E-state index in [1.54, 1.807) is 6.07 Å². The Morgan fingerprint density at radius 2 is 2.28 bits per heavy atom. The van der Waals surface area contributed by atoms with E-state index in [2.05, 4.69) is 15.9 Å². The number of aliphatic carboxylic acids is 1. The predicted octanol–water partition coefficient (Wildman–Crippen LogP) is 2.77. The molecular formula is C11H10BrNO5. The van der Waals surface area contributed by atoms with Crippen LogP contribution in [0.4, 0.5) is 5.69 Å². The van der Waals surface area contributed by atoms with Gasteiger partial charge >= 0.3 is 11.7 Å². The van der Waals surface area contributed by atoms with Gasteiger partial charge in [0.05, 0.1) is 4.92 Å². The number of hydrogen-bond acceptors (Lipinski definition) is 4. The Labute approximate surface area is 111 Å². The average Bonchev–Trinajstić information content (AvgIpc) is 2.30. The van der Waals surface area contributed by atoms with Crippen molar-refractivity contribution < 1.29 is 19.6 Å². The third-order valence-corrected chi connectivity index (χ3v) is 2.58. The highest BCUT2D eigenvalue weighted by atomic mass is 79.9. The number of nitrogens with zero attached hydrogens (tertiary/aromatic N) is 1. The standard InChI is InChI=1S/C11H10BrNO5/c1-7(11(14)15)4-5-18-10-3-2-8(12)6-9(10)13(16)17/h2-4,6H,5H2,1H3,(H,14,15). The number of nitro groups is 1. The van der Waals surface area contributed by atoms with E-state index in [4.69, 9.17) is 9.84 Å². The highest BCUT2D eigenvalue weighted by Gasteiger charge is 2.15. The minimum Gasteiger partial charge on any atom is -0.483 e. The zero-order valence-electron chi connectivity index (χ0n) is 9.42. The first-order valence-corrected chi connectivity index (χ1v) is 5.68. The van der Waals surface area contributed by atoms with Gasteiger partial charge in [0, 0.05) is 16.1 Å². The molecule has 0 saturated carbocycles. The van der Waals surface area contributed by atoms with Crippen LogP contribution in [0.1, 0.15) is 6.92 Å². The lowest BCUT2D eigenvalue weighted by molar-refractivity contribution is -0.385. The average molecular weight is 316 g/mol. The van der Waals surface area contributed by atoms with Gasteiger partial charge in [-0.25, -0.2) is 4.79 Å². The minimum absolute atomic E-state index is 0.0411. The summed E-state index contributed by atoms with van der Waals surface area (Å²) < 4.78 is 5.74. The Balaban J connectivity index is 2.82. The molecule has 0 amide bonds. The molecule has 0 fully saturated rings. The SMILES string of the molecule is CC(=CCOc1ccc(Br)cc1[N+](=O)[O-])C(=O)O. The minimum atomic E-state index is -1.05. The van der Waals surface area contributed by atoms with Crippen molar-refractivity contribution in [3.63, 3.8) is 0 Å². The molecule has 0 heterocycles. The van der Waals surface area contributed by atoms with E-state index in [-0.39, 0.29) is 23.6 Å². The van der Waals surface area contributed by atoms with Crippen LogP contribution in [0.5, 0.6) is 5.75 Å². The summed E-state index contributed by atoms with van der Waals surface area (Å²) in [5, 5.41) is 19.4. The maximum Gasteiger partial charge on any atom is 0.331 e. The lowest BCUT2D eigenvalue weighted by Gasteiger charge is -2.04. The smallest absolute Gasteiger partial charge is 0.331 e. The summed E-state index contributed by atoms with van der Waals surface area (Å²) in [4.78, 5) is 20.7. The number of halogens is 1. The van der Waals surface area contributed by atoms with Crippen molar-refractivity contribution in [2.45, 2.75) is 6.92 Å². The maximum absolute atomic E-state index is 10.8. The Morgan fingerprint density at radius 1 is 1.61 bits per heavy atom. The number of benzene rings is 1. The molecule has 0 bridgehead atoms. The number of rotatable bonds is 5. The Hall–Kier alpha value is -1.89. The number of carbonyl (C=O) groups is 1. The molecule has 0 aliphatic heterocycles. The van der Waals surface area contributed by atoms with Gasteiger partial charge in [0.15, 0.2) is 5.75 Å². The van der Waals surface area contributed by atoms with Crippen LogP contribution in [0.25, 0.3) is 0 Å². The van der Waals surface area contributed by atoms with E-state index in [0.29, 0.717) is 4.47 Å². The predicted molar refractivity (Wildman–Crippen MR) is 67.7 cm³/mol. The number of carboxylic acids is 1. The van der Waals surface area contributed by atoms with Crippen molar-refractivity contribution >= 4 is 27.6 Å². The molecule has 0 radical (unpaired) electrons. The molecule has 1 N–H and O–H groups in total. The monoisotopic (exact) mass is 315 g/mol. The number of ether oxygens (including phenoxy) is 1. The van der Waals surface area contributed by atoms with Crippen LogP contribution < -0.4 is 4.74 Å². The summed E-state index contributed by atoms with van der Waals surface area (Å²) >= 11 is 3.13. The van der Waals surface area contributed by atoms with Crippen LogP contribution in [0, 0.1) is 10.1 Å². The van der Waals surface area contributed by atoms with E-state index >= 15 is 0 Å². The first kappa shape index (κ1) is 14.2. The molecule has 6 nitrogen and oxygen atoms in total. The highest BCUT2D eigenvalue weighted by molar-refractivity contribution is 9.10. The summed E-state index contributed by atoms with van der Waals surface area (Å²) in [5.41, 5.74) is -0.0551. The van der Waals surface area contributed by atoms with Crippen molar-refractivity contribution in [1.29, 1.82) is 0 Å². The van der Waals surface area contributed by atoms with Crippen LogP contribution in [-0.2, 0) is 4.79 Å². The molecule has 0 aromatic heterocycles. The highest BCUT2D eigenvalue weighted by Crippen LogP contribution is 2.29. The lowest BCUT2D eigenvalue weighted by Crippen LogP contribution is -2.02. The summed E-state index contributed by atoms with van der Waals surface area (Å²) in [6.45, 7) is 1.38. The molecule has 0 aliphatic carbocycles. The quantitative estimate of drug-likeness (QED) is 0.512. The second-order valence-electron chi connectivity index (χ2n) is 3.37. The molecule has 1 rings (SSSR count). The van der Waals surface area contributed by atoms with Gasteiger partial charge in [0.25, 0.3) is 0 Å². The van der Waals surface area contributed by atoms with Gasteiger partial charge in [-0.15, -0.1) is 0 Å². The number of carboxylic acid groups (broad SMARTS) is 1. The fraction of sp³-hybridized carbons (Fsp3) is 0.182. The summed E-state index contributed by atoms with van der Waals surface area (Å²) in [7, 11) is 0. The Bertz CT molecular complexity index is 512. The summed E-state index contributed by atoms with van der Waals surface area (Å²) in [5.74, 6) is -0.957. The fourth-order valence-electron chi connectivity index (χ4n) is 1.10. The molecule has 7 heteroatoms. The van der Waals surface area contributed by atoms with Crippen LogP contribution in [-0.4, -0.2) is 22.6 Å². The van der Waals surface area contributed by atoms with Gasteiger partial charge < -0.3 is 9.84 Å². The van der Waals surface area contributed by atoms with Crippen molar-refractivity contribution in [2.75, 3.05) is 6.61 Å². The molecular weight excluding hydrogens is 306 g/mol. The van der Waals surface area contributed by atoms with Crippen molar-refractivity contribution in [1.82, 2.24) is 0 Å². The van der Waals surface area contributed by atoms with Crippen molar-refractivity contribution in [3.8, 4) is 5.75 Å². The molecule has 1 aromatic carbocycles. The van der Waals surface area contributed by atoms with Gasteiger partial charge in [-0.2, -0.15) is 0 Å². The van der Waals surface area contributed by atoms with Gasteiger partial charge in [-0.1, -0.05) is 15.9 Å². The molecule has 1 aromatic rings. The summed E-state index contributed by atoms with van der Waals surface area (Å²) in [6.07, 6.45) is 1.34. The maximum atomic E-state index is 10.8. The Morgan fingerprint density at radius 3 is 2.83 bits per heavy atom. The summed E-state index contributed by atoms with van der Waals surface area (Å²) in [6, 6.07) is 4.38. The molecule has 0 aliphatic rings. The molecule has 0 unspecified atom stereocenters. The molecule has 18 heavy (non-hydrogen) atoms. The third-order valence-electron chi connectivity index (χ3n) is 2.08. The van der Waals surface area contributed by atoms with E-state index in [9.17, 15) is 14.9 Å². The molecule has 0 saturated heterocycles. The van der Waals surface area contributed by atoms with Gasteiger partial charge in [-0.05, 0) is 25.1 Å². The van der Waals surface area contributed by atoms with E-state index in [1.807, 2.05) is 0 Å². The van der Waals surface area contributed by atoms with Crippen molar-refractivity contribution in [2.24, 2.45) is 0 Å². The zero-order chi connectivity index (χ0) is 13.7. The molecule has 96 valence electrons.